The molecule has 0 amide bonds. The lowest BCUT2D eigenvalue weighted by molar-refractivity contribution is 0.363. The van der Waals surface area contributed by atoms with Gasteiger partial charge in [-0.25, -0.2) is 0 Å². The number of nitriles is 1. The number of hydrogen-bond donors (Lipinski definition) is 0. The van der Waals surface area contributed by atoms with Crippen molar-refractivity contribution in [3.05, 3.63) is 53.1 Å². The van der Waals surface area contributed by atoms with Gasteiger partial charge < -0.3 is 4.74 Å². The molecule has 1 aromatic carbocycles. The van der Waals surface area contributed by atoms with E-state index in [0.29, 0.717) is 12.2 Å². The summed E-state index contributed by atoms with van der Waals surface area (Å²) in [5.74, 6) is 3.34. The van der Waals surface area contributed by atoms with E-state index in [1.807, 2.05) is 26.0 Å². The van der Waals surface area contributed by atoms with Gasteiger partial charge in [-0.05, 0) is 49.8 Å². The van der Waals surface area contributed by atoms with Gasteiger partial charge in [0.2, 0.25) is 0 Å². The molecule has 0 saturated heterocycles. The Labute approximate surface area is 108 Å². The monoisotopic (exact) mass is 237 g/mol. The van der Waals surface area contributed by atoms with Gasteiger partial charge in [-0.1, -0.05) is 12.0 Å². The molecule has 0 atom stereocenters. The summed E-state index contributed by atoms with van der Waals surface area (Å²) in [5.41, 5.74) is 2.60. The lowest BCUT2D eigenvalue weighted by Gasteiger charge is -2.02. The SMILES string of the molecule is C#C/C(C)=C(C)\C=C/COc1ccc(C#N)cc1. The molecule has 0 aliphatic heterocycles. The highest BCUT2D eigenvalue weighted by Gasteiger charge is 1.93. The Balaban J connectivity index is 2.50. The maximum atomic E-state index is 8.66. The standard InChI is InChI=1S/C16H15NO/c1-4-13(2)14(3)6-5-11-18-16-9-7-15(12-17)8-10-16/h1,5-10H,11H2,2-3H3/b6-5-,14-13-. The zero-order valence-corrected chi connectivity index (χ0v) is 10.6. The molecule has 0 saturated carbocycles. The maximum absolute atomic E-state index is 8.66. The van der Waals surface area contributed by atoms with Gasteiger partial charge in [-0.3, -0.25) is 0 Å². The van der Waals surface area contributed by atoms with Gasteiger partial charge in [-0.15, -0.1) is 6.42 Å². The summed E-state index contributed by atoms with van der Waals surface area (Å²) in [6.45, 7) is 4.34. The fourth-order valence-electron chi connectivity index (χ4n) is 1.23. The molecule has 0 bridgehead atoms. The van der Waals surface area contributed by atoms with Crippen LogP contribution in [0.25, 0.3) is 0 Å². The van der Waals surface area contributed by atoms with Crippen LogP contribution in [0.5, 0.6) is 5.75 Å². The van der Waals surface area contributed by atoms with Crippen molar-refractivity contribution in [3.8, 4) is 24.2 Å². The second-order valence-corrected chi connectivity index (χ2v) is 3.80. The van der Waals surface area contributed by atoms with E-state index in [1.54, 1.807) is 24.3 Å². The molecule has 2 heteroatoms. The van der Waals surface area contributed by atoms with E-state index < -0.39 is 0 Å². The van der Waals surface area contributed by atoms with Crippen LogP contribution < -0.4 is 4.74 Å². The van der Waals surface area contributed by atoms with Crippen molar-refractivity contribution in [2.24, 2.45) is 0 Å². The number of terminal acetylenes is 1. The first-order valence-corrected chi connectivity index (χ1v) is 5.61. The zero-order valence-electron chi connectivity index (χ0n) is 10.6. The van der Waals surface area contributed by atoms with Crippen LogP contribution in [0.1, 0.15) is 19.4 Å². The molecule has 0 aromatic heterocycles. The van der Waals surface area contributed by atoms with Crippen molar-refractivity contribution in [1.82, 2.24) is 0 Å². The highest BCUT2D eigenvalue weighted by atomic mass is 16.5. The Morgan fingerprint density at radius 3 is 2.56 bits per heavy atom. The van der Waals surface area contributed by atoms with Crippen molar-refractivity contribution in [1.29, 1.82) is 5.26 Å². The molecule has 0 spiro atoms. The zero-order chi connectivity index (χ0) is 13.4. The highest BCUT2D eigenvalue weighted by Crippen LogP contribution is 2.11. The van der Waals surface area contributed by atoms with Gasteiger partial charge in [0.1, 0.15) is 12.4 Å². The van der Waals surface area contributed by atoms with Crippen molar-refractivity contribution < 1.29 is 4.74 Å². The predicted octanol–water partition coefficient (Wildman–Crippen LogP) is 3.46. The average molecular weight is 237 g/mol. The molecule has 1 aromatic rings. The minimum Gasteiger partial charge on any atom is -0.490 e. The molecule has 2 nitrogen and oxygen atoms in total. The summed E-state index contributed by atoms with van der Waals surface area (Å²) >= 11 is 0. The van der Waals surface area contributed by atoms with Crippen LogP contribution in [0.15, 0.2) is 47.6 Å². The number of nitrogens with zero attached hydrogens (tertiary/aromatic N) is 1. The minimum absolute atomic E-state index is 0.473. The number of hydrogen-bond acceptors (Lipinski definition) is 2. The molecule has 0 heterocycles. The molecule has 0 fully saturated rings. The van der Waals surface area contributed by atoms with Gasteiger partial charge in [0.05, 0.1) is 11.6 Å². The molecule has 90 valence electrons. The fourth-order valence-corrected chi connectivity index (χ4v) is 1.23. The predicted molar refractivity (Wildman–Crippen MR) is 73.0 cm³/mol. The van der Waals surface area contributed by atoms with E-state index in [9.17, 15) is 0 Å². The highest BCUT2D eigenvalue weighted by molar-refractivity contribution is 5.35. The summed E-state index contributed by atoms with van der Waals surface area (Å²) in [6.07, 6.45) is 9.15. The first-order valence-electron chi connectivity index (χ1n) is 5.61. The summed E-state index contributed by atoms with van der Waals surface area (Å²) < 4.78 is 5.50. The van der Waals surface area contributed by atoms with Crippen LogP contribution in [-0.2, 0) is 0 Å². The Bertz CT molecular complexity index is 536. The second-order valence-electron chi connectivity index (χ2n) is 3.80. The topological polar surface area (TPSA) is 33.0 Å². The van der Waals surface area contributed by atoms with E-state index in [-0.39, 0.29) is 0 Å². The third-order valence-electron chi connectivity index (χ3n) is 2.51. The second kappa shape index (κ2) is 6.99. The van der Waals surface area contributed by atoms with Gasteiger partial charge in [-0.2, -0.15) is 5.26 Å². The summed E-state index contributed by atoms with van der Waals surface area (Å²) in [5, 5.41) is 8.66. The van der Waals surface area contributed by atoms with Gasteiger partial charge >= 0.3 is 0 Å². The van der Waals surface area contributed by atoms with Crippen molar-refractivity contribution in [2.45, 2.75) is 13.8 Å². The third-order valence-corrected chi connectivity index (χ3v) is 2.51. The van der Waals surface area contributed by atoms with E-state index in [4.69, 9.17) is 16.4 Å². The number of ether oxygens (including phenoxy) is 1. The van der Waals surface area contributed by atoms with Crippen LogP contribution in [0, 0.1) is 23.7 Å². The van der Waals surface area contributed by atoms with E-state index in [2.05, 4.69) is 12.0 Å². The Morgan fingerprint density at radius 2 is 2.00 bits per heavy atom. The minimum atomic E-state index is 0.473. The maximum Gasteiger partial charge on any atom is 0.119 e. The van der Waals surface area contributed by atoms with Gasteiger partial charge in [0.15, 0.2) is 0 Å². The average Bonchev–Trinajstić information content (AvgIpc) is 2.43. The Hall–Kier alpha value is -2.45. The van der Waals surface area contributed by atoms with Crippen LogP contribution in [0.4, 0.5) is 0 Å². The number of rotatable bonds is 4. The first-order chi connectivity index (χ1) is 8.67. The summed E-state index contributed by atoms with van der Waals surface area (Å²) in [7, 11) is 0. The van der Waals surface area contributed by atoms with Gasteiger partial charge in [0.25, 0.3) is 0 Å². The molecule has 1 rings (SSSR count). The Kier molecular flexibility index (Phi) is 5.29. The molecule has 0 aliphatic rings. The Morgan fingerprint density at radius 1 is 1.33 bits per heavy atom. The quantitative estimate of drug-likeness (QED) is 0.593. The normalized spacial score (nSPS) is 11.6. The largest absolute Gasteiger partial charge is 0.490 e. The lowest BCUT2D eigenvalue weighted by Crippen LogP contribution is -1.93. The number of benzene rings is 1. The van der Waals surface area contributed by atoms with Crippen molar-refractivity contribution in [3.63, 3.8) is 0 Å². The molecule has 0 N–H and O–H groups in total. The van der Waals surface area contributed by atoms with E-state index >= 15 is 0 Å². The summed E-state index contributed by atoms with van der Waals surface area (Å²) in [6, 6.07) is 9.08. The first kappa shape index (κ1) is 13.6. The molecule has 0 aliphatic carbocycles. The van der Waals surface area contributed by atoms with E-state index in [1.165, 1.54) is 0 Å². The fraction of sp³-hybridized carbons (Fsp3) is 0.188. The van der Waals surface area contributed by atoms with Crippen LogP contribution in [-0.4, -0.2) is 6.61 Å². The van der Waals surface area contributed by atoms with Crippen molar-refractivity contribution in [2.75, 3.05) is 6.61 Å². The van der Waals surface area contributed by atoms with Crippen LogP contribution in [0.2, 0.25) is 0 Å². The van der Waals surface area contributed by atoms with Crippen LogP contribution >= 0.6 is 0 Å². The third kappa shape index (κ3) is 4.20. The molecule has 0 unspecified atom stereocenters. The molecule has 0 radical (unpaired) electrons. The molecular formula is C16H15NO. The van der Waals surface area contributed by atoms with Crippen molar-refractivity contribution >= 4 is 0 Å². The van der Waals surface area contributed by atoms with Gasteiger partial charge in [0, 0.05) is 5.57 Å². The smallest absolute Gasteiger partial charge is 0.119 e. The van der Waals surface area contributed by atoms with E-state index in [0.717, 1.165) is 16.9 Å². The van der Waals surface area contributed by atoms with Crippen LogP contribution in [0.3, 0.4) is 0 Å². The molecular weight excluding hydrogens is 222 g/mol. The lowest BCUT2D eigenvalue weighted by atomic mass is 10.1. The molecule has 18 heavy (non-hydrogen) atoms. The number of allylic oxidation sites excluding steroid dienone is 3. The summed E-state index contributed by atoms with van der Waals surface area (Å²) in [4.78, 5) is 0.